The van der Waals surface area contributed by atoms with Crippen LogP contribution in [0.2, 0.25) is 0 Å². The van der Waals surface area contributed by atoms with Crippen molar-refractivity contribution < 1.29 is 23.5 Å². The number of hydrogen-bond donors (Lipinski definition) is 4. The number of Topliss-reactive ketones (excluding diaryl/α,β-unsaturated/α-hetero) is 1. The molecule has 1 heterocycles. The number of nitrogens with two attached hydrogens (primary N) is 2. The summed E-state index contributed by atoms with van der Waals surface area (Å²) in [5.41, 5.74) is 9.96. The molecule has 174 valence electrons. The minimum Gasteiger partial charge on any atom is -0.376 e. The van der Waals surface area contributed by atoms with Crippen LogP contribution >= 0.6 is 0 Å². The maximum Gasteiger partial charge on any atom is 0.328 e. The first kappa shape index (κ1) is 25.5. The van der Waals surface area contributed by atoms with Gasteiger partial charge >= 0.3 is 5.92 Å². The molecule has 0 bridgehead atoms. The number of halogens is 2. The fraction of sp³-hybridized carbons (Fsp3) is 0.435. The first-order valence-electron chi connectivity index (χ1n) is 10.4. The molecule has 0 spiro atoms. The third kappa shape index (κ3) is 6.88. The van der Waals surface area contributed by atoms with Gasteiger partial charge < -0.3 is 21.9 Å². The van der Waals surface area contributed by atoms with Crippen molar-refractivity contribution >= 4 is 11.7 Å². The number of ketones is 1. The normalized spacial score (nSPS) is 16.5. The van der Waals surface area contributed by atoms with Crippen molar-refractivity contribution in [2.24, 2.45) is 17.4 Å². The zero-order valence-electron chi connectivity index (χ0n) is 18.2. The molecule has 32 heavy (non-hydrogen) atoms. The van der Waals surface area contributed by atoms with Gasteiger partial charge in [0.2, 0.25) is 0 Å². The van der Waals surface area contributed by atoms with Crippen molar-refractivity contribution in [3.05, 3.63) is 66.0 Å². The van der Waals surface area contributed by atoms with E-state index >= 15 is 0 Å². The van der Waals surface area contributed by atoms with E-state index in [9.17, 15) is 23.5 Å². The van der Waals surface area contributed by atoms with Gasteiger partial charge in [-0.2, -0.15) is 8.78 Å². The Morgan fingerprint density at radius 1 is 1.16 bits per heavy atom. The van der Waals surface area contributed by atoms with Gasteiger partial charge in [-0.15, -0.1) is 0 Å². The van der Waals surface area contributed by atoms with Crippen molar-refractivity contribution in [2.75, 3.05) is 0 Å². The summed E-state index contributed by atoms with van der Waals surface area (Å²) < 4.78 is 29.5. The minimum absolute atomic E-state index is 0.0905. The molecule has 0 saturated carbocycles. The predicted molar refractivity (Wildman–Crippen MR) is 116 cm³/mol. The number of rotatable bonds is 11. The van der Waals surface area contributed by atoms with Crippen LogP contribution in [-0.4, -0.2) is 39.5 Å². The number of nitrogens with zero attached hydrogens (tertiary/aromatic N) is 1. The lowest BCUT2D eigenvalue weighted by atomic mass is 9.91. The molecule has 1 aromatic heterocycles. The number of carbonyl (C=O) groups is 2. The van der Waals surface area contributed by atoms with Gasteiger partial charge in [-0.05, 0) is 23.6 Å². The molecule has 2 rings (SSSR count). The standard InChI is InChI=1S/C23H30F2N4O3/c1-3-15(2)18(26)20(30)19(17-11-7-8-12-28-17)29-21(31)23(24,25)14-22(27,32)13-16-9-5-4-6-10-16/h4-12,15,18-19,32H,3,13-14,26-27H2,1-2H3,(H,29,31)/t15-,18-,19?,22-/m0/s1. The zero-order chi connectivity index (χ0) is 23.9. The Kier molecular flexibility index (Phi) is 8.54. The Bertz CT molecular complexity index is 895. The molecule has 1 unspecified atom stereocenters. The predicted octanol–water partition coefficient (Wildman–Crippen LogP) is 2.10. The fourth-order valence-electron chi connectivity index (χ4n) is 3.28. The van der Waals surface area contributed by atoms with Crippen LogP contribution < -0.4 is 16.8 Å². The van der Waals surface area contributed by atoms with Gasteiger partial charge in [-0.3, -0.25) is 14.6 Å². The van der Waals surface area contributed by atoms with Crippen LogP contribution in [-0.2, 0) is 16.0 Å². The Labute approximate surface area is 186 Å². The smallest absolute Gasteiger partial charge is 0.328 e. The number of alkyl halides is 2. The molecule has 1 aromatic carbocycles. The number of aromatic nitrogens is 1. The highest BCUT2D eigenvalue weighted by atomic mass is 19.3. The van der Waals surface area contributed by atoms with Crippen LogP contribution in [0.5, 0.6) is 0 Å². The second-order valence-corrected chi connectivity index (χ2v) is 8.12. The van der Waals surface area contributed by atoms with E-state index < -0.39 is 41.8 Å². The minimum atomic E-state index is -4.05. The Morgan fingerprint density at radius 2 is 1.78 bits per heavy atom. The van der Waals surface area contributed by atoms with Crippen molar-refractivity contribution in [3.63, 3.8) is 0 Å². The molecule has 0 aliphatic heterocycles. The molecule has 0 aliphatic carbocycles. The third-order valence-electron chi connectivity index (χ3n) is 5.34. The summed E-state index contributed by atoms with van der Waals surface area (Å²) >= 11 is 0. The highest BCUT2D eigenvalue weighted by Crippen LogP contribution is 2.28. The average molecular weight is 449 g/mol. The van der Waals surface area contributed by atoms with E-state index in [0.717, 1.165) is 0 Å². The number of nitrogens with one attached hydrogen (secondary N) is 1. The molecule has 2 aromatic rings. The van der Waals surface area contributed by atoms with E-state index in [1.54, 1.807) is 49.4 Å². The van der Waals surface area contributed by atoms with Gasteiger partial charge in [0, 0.05) is 12.6 Å². The second kappa shape index (κ2) is 10.7. The molecule has 0 aliphatic rings. The number of carbonyl (C=O) groups excluding carboxylic acids is 2. The van der Waals surface area contributed by atoms with Crippen molar-refractivity contribution in [2.45, 2.75) is 56.8 Å². The molecule has 0 radical (unpaired) electrons. The van der Waals surface area contributed by atoms with Gasteiger partial charge in [-0.25, -0.2) is 0 Å². The first-order chi connectivity index (χ1) is 15.0. The van der Waals surface area contributed by atoms with Crippen LogP contribution in [0.4, 0.5) is 8.78 Å². The van der Waals surface area contributed by atoms with Crippen molar-refractivity contribution in [3.8, 4) is 0 Å². The van der Waals surface area contributed by atoms with Crippen molar-refractivity contribution in [1.82, 2.24) is 10.3 Å². The number of amides is 1. The molecular formula is C23H30F2N4O3. The quantitative estimate of drug-likeness (QED) is 0.389. The molecule has 7 nitrogen and oxygen atoms in total. The topological polar surface area (TPSA) is 131 Å². The number of hydrogen-bond acceptors (Lipinski definition) is 6. The third-order valence-corrected chi connectivity index (χ3v) is 5.34. The Hall–Kier alpha value is -2.75. The number of pyridine rings is 1. The summed E-state index contributed by atoms with van der Waals surface area (Å²) in [4.78, 5) is 29.5. The SMILES string of the molecule is CC[C@H](C)[C@H](N)C(=O)C(NC(=O)C(F)(F)C[C@@](N)(O)Cc1ccccc1)c1ccccn1. The average Bonchev–Trinajstić information content (AvgIpc) is 2.75. The maximum absolute atomic E-state index is 14.8. The lowest BCUT2D eigenvalue weighted by Crippen LogP contribution is -2.54. The highest BCUT2D eigenvalue weighted by Gasteiger charge is 2.47. The summed E-state index contributed by atoms with van der Waals surface area (Å²) in [5, 5.41) is 12.4. The highest BCUT2D eigenvalue weighted by molar-refractivity contribution is 5.94. The largest absolute Gasteiger partial charge is 0.376 e. The van der Waals surface area contributed by atoms with E-state index in [4.69, 9.17) is 11.5 Å². The molecule has 4 atom stereocenters. The van der Waals surface area contributed by atoms with Gasteiger partial charge in [0.05, 0.1) is 18.2 Å². The summed E-state index contributed by atoms with van der Waals surface area (Å²) in [6.45, 7) is 3.60. The van der Waals surface area contributed by atoms with Gasteiger partial charge in [0.25, 0.3) is 5.91 Å². The summed E-state index contributed by atoms with van der Waals surface area (Å²) in [7, 11) is 0. The molecule has 0 fully saturated rings. The van der Waals surface area contributed by atoms with Crippen LogP contribution in [0.3, 0.4) is 0 Å². The number of aliphatic hydroxyl groups is 1. The molecule has 6 N–H and O–H groups in total. The lowest BCUT2D eigenvalue weighted by molar-refractivity contribution is -0.157. The van der Waals surface area contributed by atoms with E-state index in [1.165, 1.54) is 12.3 Å². The van der Waals surface area contributed by atoms with Gasteiger partial charge in [-0.1, -0.05) is 56.7 Å². The zero-order valence-corrected chi connectivity index (χ0v) is 18.2. The molecule has 9 heteroatoms. The van der Waals surface area contributed by atoms with Gasteiger partial charge in [0.15, 0.2) is 5.78 Å². The summed E-state index contributed by atoms with van der Waals surface area (Å²) in [5.74, 6) is -6.65. The van der Waals surface area contributed by atoms with Gasteiger partial charge in [0.1, 0.15) is 11.8 Å². The van der Waals surface area contributed by atoms with E-state index in [1.807, 2.05) is 6.92 Å². The van der Waals surface area contributed by atoms with Crippen molar-refractivity contribution in [1.29, 1.82) is 0 Å². The Morgan fingerprint density at radius 3 is 2.34 bits per heavy atom. The summed E-state index contributed by atoms with van der Waals surface area (Å²) in [6, 6.07) is 10.5. The van der Waals surface area contributed by atoms with Crippen LogP contribution in [0.1, 0.15) is 44.0 Å². The lowest BCUT2D eigenvalue weighted by Gasteiger charge is -2.29. The van der Waals surface area contributed by atoms with E-state index in [0.29, 0.717) is 12.0 Å². The Balaban J connectivity index is 2.20. The van der Waals surface area contributed by atoms with Crippen LogP contribution in [0.15, 0.2) is 54.7 Å². The molecule has 0 saturated heterocycles. The second-order valence-electron chi connectivity index (χ2n) is 8.12. The number of benzene rings is 1. The van der Waals surface area contributed by atoms with E-state index in [-0.39, 0.29) is 18.0 Å². The van der Waals surface area contributed by atoms with Crippen LogP contribution in [0, 0.1) is 5.92 Å². The van der Waals surface area contributed by atoms with Crippen LogP contribution in [0.25, 0.3) is 0 Å². The maximum atomic E-state index is 14.8. The fourth-order valence-corrected chi connectivity index (χ4v) is 3.28. The molecule has 1 amide bonds. The summed E-state index contributed by atoms with van der Waals surface area (Å²) in [6.07, 6.45) is 0.359. The molecular weight excluding hydrogens is 418 g/mol. The van der Waals surface area contributed by atoms with E-state index in [2.05, 4.69) is 10.3 Å². The monoisotopic (exact) mass is 448 g/mol. The first-order valence-corrected chi connectivity index (χ1v) is 10.4.